The summed E-state index contributed by atoms with van der Waals surface area (Å²) in [6.07, 6.45) is 0.799. The summed E-state index contributed by atoms with van der Waals surface area (Å²) in [4.78, 5) is 31.9. The molecule has 1 unspecified atom stereocenters. The molecule has 0 spiro atoms. The molecular formula is C28H31ClN2O3S. The van der Waals surface area contributed by atoms with Crippen molar-refractivity contribution in [3.05, 3.63) is 86.6 Å². The second-order valence-electron chi connectivity index (χ2n) is 9.82. The van der Waals surface area contributed by atoms with E-state index in [0.29, 0.717) is 23.7 Å². The quantitative estimate of drug-likeness (QED) is 0.399. The molecule has 1 aromatic heterocycles. The minimum absolute atomic E-state index is 0.0337. The second kappa shape index (κ2) is 10.4. The number of ether oxygens (including phenoxy) is 1. The largest absolute Gasteiger partial charge is 0.491 e. The molecule has 184 valence electrons. The average molecular weight is 511 g/mol. The van der Waals surface area contributed by atoms with E-state index in [9.17, 15) is 9.59 Å². The fourth-order valence-corrected chi connectivity index (χ4v) is 5.45. The highest BCUT2D eigenvalue weighted by atomic mass is 35.5. The van der Waals surface area contributed by atoms with Crippen molar-refractivity contribution in [1.82, 2.24) is 9.80 Å². The lowest BCUT2D eigenvalue weighted by molar-refractivity contribution is -0.136. The number of benzene rings is 2. The Kier molecular flexibility index (Phi) is 7.53. The van der Waals surface area contributed by atoms with Gasteiger partial charge in [0, 0.05) is 17.0 Å². The zero-order valence-corrected chi connectivity index (χ0v) is 22.2. The molecule has 0 N–H and O–H groups in total. The van der Waals surface area contributed by atoms with Crippen molar-refractivity contribution in [2.24, 2.45) is 0 Å². The number of carbonyl (C=O) groups excluding carboxylic acids is 2. The Bertz CT molecular complexity index is 1200. The number of thiophene rings is 1. The smallest absolute Gasteiger partial charge is 0.256 e. The van der Waals surface area contributed by atoms with E-state index in [1.54, 1.807) is 40.5 Å². The molecule has 0 radical (unpaired) electrons. The highest BCUT2D eigenvalue weighted by Crippen LogP contribution is 2.34. The Hall–Kier alpha value is -2.83. The minimum atomic E-state index is -0.566. The van der Waals surface area contributed by atoms with Crippen LogP contribution in [-0.4, -0.2) is 46.8 Å². The first-order valence-electron chi connectivity index (χ1n) is 11.8. The second-order valence-corrected chi connectivity index (χ2v) is 11.2. The van der Waals surface area contributed by atoms with E-state index < -0.39 is 5.54 Å². The number of hydrogen-bond donors (Lipinski definition) is 0. The number of nitrogens with zero attached hydrogens (tertiary/aromatic N) is 2. The lowest BCUT2D eigenvalue weighted by Crippen LogP contribution is -2.53. The van der Waals surface area contributed by atoms with E-state index >= 15 is 0 Å². The van der Waals surface area contributed by atoms with Crippen LogP contribution >= 0.6 is 22.9 Å². The normalized spacial score (nSPS) is 15.5. The van der Waals surface area contributed by atoms with Gasteiger partial charge in [0.2, 0.25) is 5.91 Å². The van der Waals surface area contributed by atoms with Crippen molar-refractivity contribution in [2.75, 3.05) is 19.7 Å². The van der Waals surface area contributed by atoms with Crippen LogP contribution in [0.3, 0.4) is 0 Å². The van der Waals surface area contributed by atoms with Gasteiger partial charge < -0.3 is 14.5 Å². The highest BCUT2D eigenvalue weighted by Gasteiger charge is 2.36. The molecule has 1 atom stereocenters. The molecule has 35 heavy (non-hydrogen) atoms. The predicted molar refractivity (Wildman–Crippen MR) is 141 cm³/mol. The molecule has 1 aliphatic heterocycles. The van der Waals surface area contributed by atoms with Crippen LogP contribution in [0.15, 0.2) is 60.0 Å². The van der Waals surface area contributed by atoms with Crippen molar-refractivity contribution in [1.29, 1.82) is 0 Å². The van der Waals surface area contributed by atoms with E-state index in [1.165, 1.54) is 4.88 Å². The fraction of sp³-hybridized carbons (Fsp3) is 0.357. The van der Waals surface area contributed by atoms with E-state index in [-0.39, 0.29) is 24.4 Å². The summed E-state index contributed by atoms with van der Waals surface area (Å²) in [7, 11) is 0. The Balaban J connectivity index is 1.57. The van der Waals surface area contributed by atoms with Gasteiger partial charge in [0.05, 0.1) is 16.6 Å². The van der Waals surface area contributed by atoms with Crippen LogP contribution in [0.25, 0.3) is 0 Å². The maximum atomic E-state index is 13.7. The molecular weight excluding hydrogens is 480 g/mol. The van der Waals surface area contributed by atoms with Gasteiger partial charge in [0.15, 0.2) is 0 Å². The van der Waals surface area contributed by atoms with Crippen LogP contribution in [0.2, 0.25) is 5.02 Å². The topological polar surface area (TPSA) is 49.9 Å². The van der Waals surface area contributed by atoms with Crippen molar-refractivity contribution in [3.8, 4) is 5.75 Å². The van der Waals surface area contributed by atoms with Crippen LogP contribution in [0.5, 0.6) is 5.75 Å². The summed E-state index contributed by atoms with van der Waals surface area (Å²) < 4.78 is 6.12. The van der Waals surface area contributed by atoms with E-state index in [4.69, 9.17) is 16.3 Å². The first-order chi connectivity index (χ1) is 16.6. The third-order valence-electron chi connectivity index (χ3n) is 6.30. The van der Waals surface area contributed by atoms with Gasteiger partial charge in [-0.15, -0.1) is 11.3 Å². The summed E-state index contributed by atoms with van der Waals surface area (Å²) in [6, 6.07) is 16.7. The third kappa shape index (κ3) is 5.71. The van der Waals surface area contributed by atoms with Gasteiger partial charge >= 0.3 is 0 Å². The minimum Gasteiger partial charge on any atom is -0.491 e. The molecule has 0 saturated heterocycles. The number of aryl methyl sites for hydroxylation is 1. The maximum absolute atomic E-state index is 13.7. The highest BCUT2D eigenvalue weighted by molar-refractivity contribution is 7.10. The summed E-state index contributed by atoms with van der Waals surface area (Å²) in [5, 5.41) is 2.45. The standard InChI is InChI=1S/C28H31ClN2O3S/c1-19-9-11-20(12-10-19)34-18-24-22-14-16-35-25(22)13-15-30(24)26(32)17-31(28(2,3)4)27(33)21-7-5-6-8-23(21)29/h5-12,14,16,24H,13,15,17-18H2,1-4H3. The summed E-state index contributed by atoms with van der Waals surface area (Å²) in [5.74, 6) is 0.419. The van der Waals surface area contributed by atoms with Crippen LogP contribution in [0.1, 0.15) is 53.2 Å². The molecule has 0 aliphatic carbocycles. The van der Waals surface area contributed by atoms with Gasteiger partial charge in [0.25, 0.3) is 5.91 Å². The Morgan fingerprint density at radius 3 is 2.51 bits per heavy atom. The van der Waals surface area contributed by atoms with Crippen LogP contribution in [-0.2, 0) is 11.2 Å². The molecule has 3 aromatic rings. The zero-order valence-electron chi connectivity index (χ0n) is 20.6. The number of rotatable bonds is 6. The number of hydrogen-bond acceptors (Lipinski definition) is 4. The van der Waals surface area contributed by atoms with E-state index in [0.717, 1.165) is 23.3 Å². The Morgan fingerprint density at radius 2 is 1.83 bits per heavy atom. The van der Waals surface area contributed by atoms with Gasteiger partial charge in [-0.25, -0.2) is 0 Å². The number of halogens is 1. The lowest BCUT2D eigenvalue weighted by Gasteiger charge is -2.40. The molecule has 2 heterocycles. The van der Waals surface area contributed by atoms with Crippen molar-refractivity contribution in [3.63, 3.8) is 0 Å². The van der Waals surface area contributed by atoms with Gasteiger partial charge in [0.1, 0.15) is 18.9 Å². The molecule has 4 rings (SSSR count). The molecule has 0 saturated carbocycles. The molecule has 5 nitrogen and oxygen atoms in total. The van der Waals surface area contributed by atoms with Gasteiger partial charge in [-0.1, -0.05) is 41.4 Å². The number of carbonyl (C=O) groups is 2. The monoisotopic (exact) mass is 510 g/mol. The molecule has 7 heteroatoms. The SMILES string of the molecule is Cc1ccc(OCC2c3ccsc3CCN2C(=O)CN(C(=O)c2ccccc2Cl)C(C)(C)C)cc1. The van der Waals surface area contributed by atoms with Gasteiger partial charge in [-0.3, -0.25) is 9.59 Å². The molecule has 1 aliphatic rings. The Labute approximate surface area is 216 Å². The predicted octanol–water partition coefficient (Wildman–Crippen LogP) is 6.16. The fourth-order valence-electron chi connectivity index (χ4n) is 4.30. The van der Waals surface area contributed by atoms with Crippen LogP contribution in [0.4, 0.5) is 0 Å². The number of amides is 2. The lowest BCUT2D eigenvalue weighted by atomic mass is 9.99. The summed E-state index contributed by atoms with van der Waals surface area (Å²) >= 11 is 8.03. The van der Waals surface area contributed by atoms with Gasteiger partial charge in [-0.2, -0.15) is 0 Å². The van der Waals surface area contributed by atoms with E-state index in [1.807, 2.05) is 56.9 Å². The number of fused-ring (bicyclic) bond motifs is 1. The van der Waals surface area contributed by atoms with Crippen LogP contribution < -0.4 is 4.74 Å². The average Bonchev–Trinajstić information content (AvgIpc) is 3.30. The Morgan fingerprint density at radius 1 is 1.11 bits per heavy atom. The van der Waals surface area contributed by atoms with Crippen molar-refractivity contribution in [2.45, 2.75) is 45.7 Å². The van der Waals surface area contributed by atoms with E-state index in [2.05, 4.69) is 11.4 Å². The molecule has 2 aromatic carbocycles. The van der Waals surface area contributed by atoms with Gasteiger partial charge in [-0.05, 0) is 75.4 Å². The molecule has 0 fully saturated rings. The zero-order chi connectivity index (χ0) is 25.2. The summed E-state index contributed by atoms with van der Waals surface area (Å²) in [5.41, 5.74) is 2.12. The maximum Gasteiger partial charge on any atom is 0.256 e. The molecule has 2 amide bonds. The van der Waals surface area contributed by atoms with Crippen molar-refractivity contribution >= 4 is 34.8 Å². The third-order valence-corrected chi connectivity index (χ3v) is 7.62. The van der Waals surface area contributed by atoms with Crippen LogP contribution in [0, 0.1) is 6.92 Å². The molecule has 0 bridgehead atoms. The van der Waals surface area contributed by atoms with Crippen molar-refractivity contribution < 1.29 is 14.3 Å². The summed E-state index contributed by atoms with van der Waals surface area (Å²) in [6.45, 7) is 8.74. The first-order valence-corrected chi connectivity index (χ1v) is 13.0. The first kappa shape index (κ1) is 25.3.